The van der Waals surface area contributed by atoms with Gasteiger partial charge in [0.05, 0.1) is 12.6 Å². The van der Waals surface area contributed by atoms with E-state index in [0.717, 1.165) is 30.6 Å². The van der Waals surface area contributed by atoms with Gasteiger partial charge in [-0.1, -0.05) is 20.8 Å². The Labute approximate surface area is 171 Å². The van der Waals surface area contributed by atoms with Crippen LogP contribution in [-0.4, -0.2) is 41.8 Å². The predicted octanol–water partition coefficient (Wildman–Crippen LogP) is 3.40. The third kappa shape index (κ3) is 6.33. The van der Waals surface area contributed by atoms with Gasteiger partial charge in [-0.25, -0.2) is 4.98 Å². The van der Waals surface area contributed by atoms with Gasteiger partial charge in [-0.3, -0.25) is 9.56 Å². The van der Waals surface area contributed by atoms with Crippen LogP contribution in [0.2, 0.25) is 0 Å². The Bertz CT molecular complexity index is 574. The van der Waals surface area contributed by atoms with Crippen LogP contribution in [0.5, 0.6) is 0 Å². The highest BCUT2D eigenvalue weighted by molar-refractivity contribution is 14.0. The molecule has 9 heteroatoms. The summed E-state index contributed by atoms with van der Waals surface area (Å²) < 4.78 is 32.5. The fraction of sp³-hybridized carbons (Fsp3) is 0.765. The minimum Gasteiger partial charge on any atom is -0.377 e. The maximum Gasteiger partial charge on any atom is 0.319 e. The van der Waals surface area contributed by atoms with Gasteiger partial charge in [0, 0.05) is 38.5 Å². The minimum atomic E-state index is -2.60. The summed E-state index contributed by atoms with van der Waals surface area (Å²) in [4.78, 5) is 8.12. The van der Waals surface area contributed by atoms with Crippen molar-refractivity contribution < 1.29 is 13.5 Å². The number of hydrogen-bond acceptors (Lipinski definition) is 3. The SMILES string of the molecule is CN=C(NCc1nccn1C(F)F)NCC1CCCOC1C(C)(C)C.I. The third-order valence-electron chi connectivity index (χ3n) is 4.43. The molecule has 1 fully saturated rings. The molecular weight excluding hydrogens is 455 g/mol. The molecule has 0 saturated carbocycles. The van der Waals surface area contributed by atoms with Gasteiger partial charge in [-0.05, 0) is 18.3 Å². The normalized spacial score (nSPS) is 21.4. The monoisotopic (exact) mass is 485 g/mol. The quantitative estimate of drug-likeness (QED) is 0.382. The van der Waals surface area contributed by atoms with E-state index in [1.54, 1.807) is 7.05 Å². The lowest BCUT2D eigenvalue weighted by molar-refractivity contribution is -0.0835. The molecule has 0 aliphatic carbocycles. The second kappa shape index (κ2) is 10.4. The molecule has 2 atom stereocenters. The number of nitrogens with one attached hydrogen (secondary N) is 2. The summed E-state index contributed by atoms with van der Waals surface area (Å²) in [5.74, 6) is 1.23. The van der Waals surface area contributed by atoms with Gasteiger partial charge in [-0.15, -0.1) is 24.0 Å². The van der Waals surface area contributed by atoms with E-state index in [1.807, 2.05) is 0 Å². The molecule has 0 radical (unpaired) electrons. The molecule has 26 heavy (non-hydrogen) atoms. The van der Waals surface area contributed by atoms with Crippen molar-refractivity contribution in [3.05, 3.63) is 18.2 Å². The molecule has 6 nitrogen and oxygen atoms in total. The number of alkyl halides is 2. The van der Waals surface area contributed by atoms with Gasteiger partial charge in [0.2, 0.25) is 0 Å². The lowest BCUT2D eigenvalue weighted by Gasteiger charge is -2.40. The molecule has 2 N–H and O–H groups in total. The molecule has 1 aliphatic heterocycles. The van der Waals surface area contributed by atoms with E-state index in [4.69, 9.17) is 4.74 Å². The largest absolute Gasteiger partial charge is 0.377 e. The van der Waals surface area contributed by atoms with Crippen molar-refractivity contribution in [2.45, 2.75) is 52.8 Å². The number of halogens is 3. The van der Waals surface area contributed by atoms with Gasteiger partial charge in [0.15, 0.2) is 5.96 Å². The average Bonchev–Trinajstić information content (AvgIpc) is 3.03. The Balaban J connectivity index is 0.00000338. The van der Waals surface area contributed by atoms with Crippen LogP contribution in [0.4, 0.5) is 8.78 Å². The lowest BCUT2D eigenvalue weighted by atomic mass is 9.78. The molecule has 1 aromatic rings. The summed E-state index contributed by atoms with van der Waals surface area (Å²) in [6, 6.07) is 0. The standard InChI is InChI=1S/C17H29F2N5O.HI/c1-17(2,3)14-12(6-5-9-25-14)10-22-16(20-4)23-11-13-21-7-8-24(13)15(18)19;/h7-8,12,14-15H,5-6,9-11H2,1-4H3,(H2,20,22,23);1H. The number of ether oxygens (including phenoxy) is 1. The van der Waals surface area contributed by atoms with E-state index in [-0.39, 0.29) is 47.9 Å². The van der Waals surface area contributed by atoms with E-state index in [9.17, 15) is 8.78 Å². The second-order valence-electron chi connectivity index (χ2n) is 7.39. The van der Waals surface area contributed by atoms with Gasteiger partial charge in [-0.2, -0.15) is 8.78 Å². The summed E-state index contributed by atoms with van der Waals surface area (Å²) in [5, 5.41) is 6.33. The first-order valence-electron chi connectivity index (χ1n) is 8.69. The number of aliphatic imine (C=N–C) groups is 1. The Hall–Kier alpha value is -0.970. The van der Waals surface area contributed by atoms with Crippen molar-refractivity contribution in [1.82, 2.24) is 20.2 Å². The van der Waals surface area contributed by atoms with E-state index in [1.165, 1.54) is 12.4 Å². The molecule has 1 saturated heterocycles. The smallest absolute Gasteiger partial charge is 0.319 e. The van der Waals surface area contributed by atoms with Crippen molar-refractivity contribution in [1.29, 1.82) is 0 Å². The molecule has 2 rings (SSSR count). The first kappa shape index (κ1) is 23.1. The molecule has 0 aromatic carbocycles. The second-order valence-corrected chi connectivity index (χ2v) is 7.39. The van der Waals surface area contributed by atoms with Crippen LogP contribution < -0.4 is 10.6 Å². The van der Waals surface area contributed by atoms with Crippen LogP contribution in [0.15, 0.2) is 17.4 Å². The van der Waals surface area contributed by atoms with Crippen molar-refractivity contribution in [2.75, 3.05) is 20.2 Å². The van der Waals surface area contributed by atoms with Gasteiger partial charge in [0.1, 0.15) is 5.82 Å². The zero-order chi connectivity index (χ0) is 18.4. The first-order valence-corrected chi connectivity index (χ1v) is 8.69. The highest BCUT2D eigenvalue weighted by Gasteiger charge is 2.35. The number of guanidine groups is 1. The van der Waals surface area contributed by atoms with Crippen LogP contribution in [0.25, 0.3) is 0 Å². The summed E-state index contributed by atoms with van der Waals surface area (Å²) >= 11 is 0. The molecule has 1 aromatic heterocycles. The topological polar surface area (TPSA) is 63.5 Å². The summed E-state index contributed by atoms with van der Waals surface area (Å²) in [6.07, 6.45) is 4.97. The fourth-order valence-corrected chi connectivity index (χ4v) is 3.28. The highest BCUT2D eigenvalue weighted by atomic mass is 127. The van der Waals surface area contributed by atoms with Crippen LogP contribution in [-0.2, 0) is 11.3 Å². The molecular formula is C17H30F2IN5O. The van der Waals surface area contributed by atoms with Crippen molar-refractivity contribution >= 4 is 29.9 Å². The van der Waals surface area contributed by atoms with E-state index in [0.29, 0.717) is 11.9 Å². The van der Waals surface area contributed by atoms with E-state index in [2.05, 4.69) is 41.4 Å². The van der Waals surface area contributed by atoms with Gasteiger partial charge in [0.25, 0.3) is 0 Å². The predicted molar refractivity (Wildman–Crippen MR) is 109 cm³/mol. The molecule has 2 unspecified atom stereocenters. The number of aromatic nitrogens is 2. The highest BCUT2D eigenvalue weighted by Crippen LogP contribution is 2.33. The van der Waals surface area contributed by atoms with Crippen LogP contribution in [0, 0.1) is 11.3 Å². The number of nitrogens with zero attached hydrogens (tertiary/aromatic N) is 3. The average molecular weight is 485 g/mol. The van der Waals surface area contributed by atoms with Crippen LogP contribution >= 0.6 is 24.0 Å². The van der Waals surface area contributed by atoms with Crippen LogP contribution in [0.1, 0.15) is 46.0 Å². The van der Waals surface area contributed by atoms with Crippen molar-refractivity contribution in [2.24, 2.45) is 16.3 Å². The first-order chi connectivity index (χ1) is 11.8. The third-order valence-corrected chi connectivity index (χ3v) is 4.43. The summed E-state index contributed by atoms with van der Waals surface area (Å²) in [6.45, 7) is 5.68. The Kier molecular flexibility index (Phi) is 9.22. The van der Waals surface area contributed by atoms with Gasteiger partial charge < -0.3 is 15.4 Å². The molecule has 0 amide bonds. The number of rotatable bonds is 5. The van der Waals surface area contributed by atoms with Crippen LogP contribution in [0.3, 0.4) is 0 Å². The van der Waals surface area contributed by atoms with Gasteiger partial charge >= 0.3 is 6.55 Å². The zero-order valence-electron chi connectivity index (χ0n) is 15.8. The molecule has 2 heterocycles. The molecule has 150 valence electrons. The molecule has 0 bridgehead atoms. The van der Waals surface area contributed by atoms with Crippen molar-refractivity contribution in [3.8, 4) is 0 Å². The number of imidazole rings is 1. The minimum absolute atomic E-state index is 0. The number of hydrogen-bond donors (Lipinski definition) is 2. The van der Waals surface area contributed by atoms with E-state index < -0.39 is 6.55 Å². The maximum atomic E-state index is 12.8. The van der Waals surface area contributed by atoms with E-state index >= 15 is 0 Å². The Morgan fingerprint density at radius 3 is 2.77 bits per heavy atom. The summed E-state index contributed by atoms with van der Waals surface area (Å²) in [7, 11) is 1.66. The Morgan fingerprint density at radius 2 is 2.15 bits per heavy atom. The Morgan fingerprint density at radius 1 is 1.42 bits per heavy atom. The fourth-order valence-electron chi connectivity index (χ4n) is 3.28. The van der Waals surface area contributed by atoms with Crippen molar-refractivity contribution in [3.63, 3.8) is 0 Å². The maximum absolute atomic E-state index is 12.8. The zero-order valence-corrected chi connectivity index (χ0v) is 18.2. The molecule has 1 aliphatic rings. The lowest BCUT2D eigenvalue weighted by Crippen LogP contribution is -2.47. The summed E-state index contributed by atoms with van der Waals surface area (Å²) in [5.41, 5.74) is 0.0751. The molecule has 0 spiro atoms.